The second kappa shape index (κ2) is 11.6. The standard InChI is InChI=1S/C24H24F2N4O2/c1-3-5-14-32-24-13-9-19(16-22(24)26)29-30-23-12-8-18(15-21(23)25)28-27-17-6-10-20(11-7-17)31-4-2/h6-13,15-16H,3-5,14H2,1-2H3. The maximum absolute atomic E-state index is 14.4. The van der Waals surface area contributed by atoms with Gasteiger partial charge < -0.3 is 9.47 Å². The zero-order valence-corrected chi connectivity index (χ0v) is 18.0. The van der Waals surface area contributed by atoms with Gasteiger partial charge in [0.25, 0.3) is 0 Å². The fourth-order valence-electron chi connectivity index (χ4n) is 2.64. The molecule has 0 N–H and O–H groups in total. The Kier molecular flexibility index (Phi) is 8.36. The summed E-state index contributed by atoms with van der Waals surface area (Å²) in [7, 11) is 0. The number of hydrogen-bond acceptors (Lipinski definition) is 6. The summed E-state index contributed by atoms with van der Waals surface area (Å²) >= 11 is 0. The smallest absolute Gasteiger partial charge is 0.167 e. The van der Waals surface area contributed by atoms with Gasteiger partial charge in [-0.1, -0.05) is 13.3 Å². The van der Waals surface area contributed by atoms with Gasteiger partial charge in [0, 0.05) is 12.1 Å². The van der Waals surface area contributed by atoms with Crippen LogP contribution < -0.4 is 9.47 Å². The van der Waals surface area contributed by atoms with Crippen molar-refractivity contribution in [3.8, 4) is 11.5 Å². The number of benzene rings is 3. The molecule has 0 aliphatic carbocycles. The Balaban J connectivity index is 1.64. The molecular formula is C24H24F2N4O2. The normalized spacial score (nSPS) is 11.4. The van der Waals surface area contributed by atoms with Gasteiger partial charge >= 0.3 is 0 Å². The van der Waals surface area contributed by atoms with Crippen LogP contribution >= 0.6 is 0 Å². The highest BCUT2D eigenvalue weighted by molar-refractivity contribution is 5.50. The molecule has 0 radical (unpaired) electrons. The largest absolute Gasteiger partial charge is 0.494 e. The van der Waals surface area contributed by atoms with Crippen LogP contribution in [0.5, 0.6) is 11.5 Å². The molecule has 0 amide bonds. The number of ether oxygens (including phenoxy) is 2. The van der Waals surface area contributed by atoms with E-state index in [2.05, 4.69) is 20.5 Å². The lowest BCUT2D eigenvalue weighted by molar-refractivity contribution is 0.294. The maximum Gasteiger partial charge on any atom is 0.167 e. The predicted octanol–water partition coefficient (Wildman–Crippen LogP) is 8.37. The molecule has 0 aliphatic rings. The van der Waals surface area contributed by atoms with E-state index < -0.39 is 11.6 Å². The first-order valence-corrected chi connectivity index (χ1v) is 10.4. The summed E-state index contributed by atoms with van der Waals surface area (Å²) in [5, 5.41) is 15.9. The quantitative estimate of drug-likeness (QED) is 0.236. The van der Waals surface area contributed by atoms with E-state index in [4.69, 9.17) is 9.47 Å². The van der Waals surface area contributed by atoms with E-state index in [1.54, 1.807) is 36.4 Å². The Labute approximate surface area is 185 Å². The van der Waals surface area contributed by atoms with Crippen LogP contribution in [0.3, 0.4) is 0 Å². The predicted molar refractivity (Wildman–Crippen MR) is 119 cm³/mol. The van der Waals surface area contributed by atoms with Gasteiger partial charge in [0.1, 0.15) is 11.4 Å². The topological polar surface area (TPSA) is 67.9 Å². The monoisotopic (exact) mass is 438 g/mol. The highest BCUT2D eigenvalue weighted by Crippen LogP contribution is 2.29. The molecule has 3 rings (SSSR count). The average molecular weight is 438 g/mol. The molecular weight excluding hydrogens is 414 g/mol. The van der Waals surface area contributed by atoms with Crippen LogP contribution in [0, 0.1) is 11.6 Å². The molecule has 0 aliphatic heterocycles. The minimum absolute atomic E-state index is 0.00805. The molecule has 0 spiro atoms. The molecule has 0 fully saturated rings. The minimum Gasteiger partial charge on any atom is -0.494 e. The number of halogens is 2. The van der Waals surface area contributed by atoms with Gasteiger partial charge in [0.05, 0.1) is 30.3 Å². The Bertz CT molecular complexity index is 1090. The van der Waals surface area contributed by atoms with Crippen molar-refractivity contribution in [1.29, 1.82) is 0 Å². The second-order valence-corrected chi connectivity index (χ2v) is 6.78. The second-order valence-electron chi connectivity index (χ2n) is 6.78. The van der Waals surface area contributed by atoms with Gasteiger partial charge in [-0.25, -0.2) is 8.78 Å². The molecule has 0 atom stereocenters. The lowest BCUT2D eigenvalue weighted by Crippen LogP contribution is -1.98. The summed E-state index contributed by atoms with van der Waals surface area (Å²) < 4.78 is 39.2. The molecule has 0 bridgehead atoms. The van der Waals surface area contributed by atoms with Crippen LogP contribution in [0.1, 0.15) is 26.7 Å². The molecule has 0 saturated carbocycles. The van der Waals surface area contributed by atoms with Gasteiger partial charge in [-0.2, -0.15) is 15.3 Å². The fraction of sp³-hybridized carbons (Fsp3) is 0.250. The van der Waals surface area contributed by atoms with Crippen LogP contribution in [-0.4, -0.2) is 13.2 Å². The van der Waals surface area contributed by atoms with Crippen molar-refractivity contribution in [1.82, 2.24) is 0 Å². The van der Waals surface area contributed by atoms with Crippen LogP contribution in [-0.2, 0) is 0 Å². The molecule has 0 aromatic heterocycles. The van der Waals surface area contributed by atoms with Crippen LogP contribution in [0.2, 0.25) is 0 Å². The van der Waals surface area contributed by atoms with E-state index in [1.165, 1.54) is 24.3 Å². The Morgan fingerprint density at radius 2 is 1.31 bits per heavy atom. The van der Waals surface area contributed by atoms with E-state index in [1.807, 2.05) is 13.8 Å². The van der Waals surface area contributed by atoms with Crippen LogP contribution in [0.25, 0.3) is 0 Å². The highest BCUT2D eigenvalue weighted by atomic mass is 19.1. The van der Waals surface area contributed by atoms with Crippen LogP contribution in [0.15, 0.2) is 81.1 Å². The minimum atomic E-state index is -0.614. The van der Waals surface area contributed by atoms with E-state index in [9.17, 15) is 8.78 Å². The molecule has 32 heavy (non-hydrogen) atoms. The first-order valence-electron chi connectivity index (χ1n) is 10.4. The van der Waals surface area contributed by atoms with E-state index in [-0.39, 0.29) is 17.1 Å². The van der Waals surface area contributed by atoms with Gasteiger partial charge in [0.2, 0.25) is 0 Å². The zero-order valence-electron chi connectivity index (χ0n) is 18.0. The molecule has 166 valence electrons. The average Bonchev–Trinajstić information content (AvgIpc) is 2.79. The molecule has 6 nitrogen and oxygen atoms in total. The lowest BCUT2D eigenvalue weighted by Gasteiger charge is -2.06. The van der Waals surface area contributed by atoms with Gasteiger partial charge in [-0.3, -0.25) is 0 Å². The number of unbranched alkanes of at least 4 members (excludes halogenated alkanes) is 1. The summed E-state index contributed by atoms with van der Waals surface area (Å²) in [4.78, 5) is 0. The Morgan fingerprint density at radius 3 is 1.97 bits per heavy atom. The van der Waals surface area contributed by atoms with Crippen molar-refractivity contribution in [2.24, 2.45) is 20.5 Å². The van der Waals surface area contributed by atoms with E-state index in [0.29, 0.717) is 24.6 Å². The molecule has 0 heterocycles. The highest BCUT2D eigenvalue weighted by Gasteiger charge is 2.06. The van der Waals surface area contributed by atoms with Crippen molar-refractivity contribution < 1.29 is 18.3 Å². The first-order chi connectivity index (χ1) is 15.6. The Morgan fingerprint density at radius 1 is 0.688 bits per heavy atom. The van der Waals surface area contributed by atoms with Crippen molar-refractivity contribution in [2.45, 2.75) is 26.7 Å². The molecule has 0 saturated heterocycles. The fourth-order valence-corrected chi connectivity index (χ4v) is 2.64. The van der Waals surface area contributed by atoms with Crippen molar-refractivity contribution in [3.63, 3.8) is 0 Å². The van der Waals surface area contributed by atoms with E-state index in [0.717, 1.165) is 18.6 Å². The lowest BCUT2D eigenvalue weighted by atomic mass is 10.3. The number of nitrogens with zero attached hydrogens (tertiary/aromatic N) is 4. The van der Waals surface area contributed by atoms with Gasteiger partial charge in [0.15, 0.2) is 17.4 Å². The zero-order chi connectivity index (χ0) is 22.8. The number of azo groups is 2. The molecule has 3 aromatic carbocycles. The molecule has 0 unspecified atom stereocenters. The van der Waals surface area contributed by atoms with Crippen LogP contribution in [0.4, 0.5) is 31.5 Å². The summed E-state index contributed by atoms with van der Waals surface area (Å²) in [6, 6.07) is 15.5. The molecule has 8 heteroatoms. The summed E-state index contributed by atoms with van der Waals surface area (Å²) in [6.45, 7) is 4.96. The SMILES string of the molecule is CCCCOc1ccc(N=Nc2ccc(N=Nc3ccc(OCC)cc3)cc2F)cc1F. The first kappa shape index (κ1) is 23.0. The summed E-state index contributed by atoms with van der Waals surface area (Å²) in [5.41, 5.74) is 1.20. The summed E-state index contributed by atoms with van der Waals surface area (Å²) in [5.74, 6) is -0.253. The van der Waals surface area contributed by atoms with Gasteiger partial charge in [-0.05, 0) is 61.9 Å². The summed E-state index contributed by atoms with van der Waals surface area (Å²) in [6.07, 6.45) is 1.80. The molecule has 3 aromatic rings. The van der Waals surface area contributed by atoms with Gasteiger partial charge in [-0.15, -0.1) is 5.11 Å². The number of hydrogen-bond donors (Lipinski definition) is 0. The van der Waals surface area contributed by atoms with Crippen molar-refractivity contribution in [2.75, 3.05) is 13.2 Å². The third kappa shape index (κ3) is 6.66. The van der Waals surface area contributed by atoms with E-state index >= 15 is 0 Å². The third-order valence-corrected chi connectivity index (χ3v) is 4.30. The van der Waals surface area contributed by atoms with Crippen molar-refractivity contribution >= 4 is 22.7 Å². The number of rotatable bonds is 10. The maximum atomic E-state index is 14.4. The Hall–Kier alpha value is -3.68. The van der Waals surface area contributed by atoms with Crippen molar-refractivity contribution in [3.05, 3.63) is 72.3 Å². The third-order valence-electron chi connectivity index (χ3n) is 4.30.